The van der Waals surface area contributed by atoms with Crippen molar-refractivity contribution in [2.75, 3.05) is 6.54 Å². The van der Waals surface area contributed by atoms with Crippen LogP contribution >= 0.6 is 0 Å². The van der Waals surface area contributed by atoms with E-state index in [1.54, 1.807) is 19.2 Å². The average Bonchev–Trinajstić information content (AvgIpc) is 2.45. The van der Waals surface area contributed by atoms with Crippen LogP contribution in [0.25, 0.3) is 0 Å². The Bertz CT molecular complexity index is 365. The molecule has 1 aromatic heterocycles. The summed E-state index contributed by atoms with van der Waals surface area (Å²) in [7, 11) is 0. The number of aromatic nitrogens is 1. The second-order valence-corrected chi connectivity index (χ2v) is 3.37. The predicted molar refractivity (Wildman–Crippen MR) is 48.7 cm³/mol. The molecule has 0 aliphatic rings. The van der Waals surface area contributed by atoms with Crippen molar-refractivity contribution in [3.8, 4) is 0 Å². The van der Waals surface area contributed by atoms with Crippen molar-refractivity contribution < 1.29 is 22.5 Å². The van der Waals surface area contributed by atoms with E-state index in [4.69, 9.17) is 4.52 Å². The maximum absolute atomic E-state index is 11.8. The van der Waals surface area contributed by atoms with E-state index in [2.05, 4.69) is 5.16 Å². The number of hydrogen-bond acceptors (Lipinski definition) is 3. The molecule has 1 amide bonds. The lowest BCUT2D eigenvalue weighted by Gasteiger charge is -2.07. The van der Waals surface area contributed by atoms with Crippen LogP contribution in [0.15, 0.2) is 4.52 Å². The molecule has 16 heavy (non-hydrogen) atoms. The molecule has 0 bridgehead atoms. The summed E-state index contributed by atoms with van der Waals surface area (Å²) in [5, 5.41) is 5.38. The van der Waals surface area contributed by atoms with E-state index >= 15 is 0 Å². The van der Waals surface area contributed by atoms with Gasteiger partial charge in [-0.1, -0.05) is 5.16 Å². The fourth-order valence-electron chi connectivity index (χ4n) is 1.18. The summed E-state index contributed by atoms with van der Waals surface area (Å²) in [6.45, 7) is 1.91. The Morgan fingerprint density at radius 1 is 1.44 bits per heavy atom. The second-order valence-electron chi connectivity index (χ2n) is 3.37. The number of aryl methyl sites for hydroxylation is 2. The molecule has 0 unspecified atom stereocenters. The van der Waals surface area contributed by atoms with Crippen molar-refractivity contribution >= 4 is 5.91 Å². The Hall–Kier alpha value is -1.53. The van der Waals surface area contributed by atoms with Crippen LogP contribution in [-0.2, 0) is 11.2 Å². The predicted octanol–water partition coefficient (Wildman–Crippen LogP) is 1.51. The van der Waals surface area contributed by atoms with Crippen molar-refractivity contribution in [3.05, 3.63) is 17.0 Å². The zero-order valence-electron chi connectivity index (χ0n) is 8.81. The van der Waals surface area contributed by atoms with Gasteiger partial charge < -0.3 is 9.84 Å². The summed E-state index contributed by atoms with van der Waals surface area (Å²) in [6, 6.07) is 0. The molecular formula is C9H11F3N2O2. The third-order valence-corrected chi connectivity index (χ3v) is 2.00. The van der Waals surface area contributed by atoms with Gasteiger partial charge in [-0.25, -0.2) is 0 Å². The van der Waals surface area contributed by atoms with E-state index in [0.29, 0.717) is 17.0 Å². The Kier molecular flexibility index (Phi) is 3.56. The Morgan fingerprint density at radius 3 is 2.50 bits per heavy atom. The van der Waals surface area contributed by atoms with Gasteiger partial charge in [0.1, 0.15) is 12.3 Å². The Labute approximate surface area is 89.8 Å². The lowest BCUT2D eigenvalue weighted by molar-refractivity contribution is -0.138. The maximum Gasteiger partial charge on any atom is 0.405 e. The molecule has 1 N–H and O–H groups in total. The van der Waals surface area contributed by atoms with E-state index in [9.17, 15) is 18.0 Å². The topological polar surface area (TPSA) is 55.1 Å². The highest BCUT2D eigenvalue weighted by Gasteiger charge is 2.28. The first-order valence-electron chi connectivity index (χ1n) is 4.55. The van der Waals surface area contributed by atoms with E-state index in [1.165, 1.54) is 0 Å². The van der Waals surface area contributed by atoms with E-state index in [0.717, 1.165) is 0 Å². The second kappa shape index (κ2) is 4.54. The molecule has 1 heterocycles. The monoisotopic (exact) mass is 236 g/mol. The smallest absolute Gasteiger partial charge is 0.361 e. The summed E-state index contributed by atoms with van der Waals surface area (Å²) in [6.07, 6.45) is -4.55. The van der Waals surface area contributed by atoms with Gasteiger partial charge in [0, 0.05) is 5.56 Å². The van der Waals surface area contributed by atoms with Crippen LogP contribution < -0.4 is 5.32 Å². The number of rotatable bonds is 3. The van der Waals surface area contributed by atoms with Gasteiger partial charge in [-0.15, -0.1) is 0 Å². The minimum absolute atomic E-state index is 0.156. The molecule has 4 nitrogen and oxygen atoms in total. The summed E-state index contributed by atoms with van der Waals surface area (Å²) in [5.41, 5.74) is 1.04. The van der Waals surface area contributed by atoms with Crippen molar-refractivity contribution in [1.29, 1.82) is 0 Å². The standard InChI is InChI=1S/C9H11F3N2O2/c1-5-7(6(2)16-14-5)3-8(15)13-4-9(10,11)12/h3-4H2,1-2H3,(H,13,15). The maximum atomic E-state index is 11.8. The largest absolute Gasteiger partial charge is 0.405 e. The molecule has 1 rings (SSSR count). The van der Waals surface area contributed by atoms with Crippen molar-refractivity contribution in [1.82, 2.24) is 10.5 Å². The molecule has 0 spiro atoms. The van der Waals surface area contributed by atoms with Crippen molar-refractivity contribution in [3.63, 3.8) is 0 Å². The van der Waals surface area contributed by atoms with Crippen LogP contribution in [0.2, 0.25) is 0 Å². The lowest BCUT2D eigenvalue weighted by atomic mass is 10.1. The molecule has 0 aromatic carbocycles. The highest BCUT2D eigenvalue weighted by molar-refractivity contribution is 5.79. The number of halogens is 3. The van der Waals surface area contributed by atoms with Gasteiger partial charge in [0.15, 0.2) is 0 Å². The molecule has 1 aromatic rings. The molecule has 0 fully saturated rings. The van der Waals surface area contributed by atoms with Gasteiger partial charge in [0.25, 0.3) is 0 Å². The van der Waals surface area contributed by atoms with E-state index in [1.807, 2.05) is 0 Å². The molecule has 0 aliphatic carbocycles. The fraction of sp³-hybridized carbons (Fsp3) is 0.556. The van der Waals surface area contributed by atoms with Crippen LogP contribution in [0.3, 0.4) is 0 Å². The van der Waals surface area contributed by atoms with Crippen LogP contribution in [0.4, 0.5) is 13.2 Å². The van der Waals surface area contributed by atoms with Crippen LogP contribution in [-0.4, -0.2) is 23.8 Å². The quantitative estimate of drug-likeness (QED) is 0.865. The summed E-state index contributed by atoms with van der Waals surface area (Å²) >= 11 is 0. The molecule has 0 saturated heterocycles. The highest BCUT2D eigenvalue weighted by atomic mass is 19.4. The molecule has 7 heteroatoms. The summed E-state index contributed by atoms with van der Waals surface area (Å²) in [5.74, 6) is -0.258. The van der Waals surface area contributed by atoms with Crippen LogP contribution in [0.5, 0.6) is 0 Å². The van der Waals surface area contributed by atoms with E-state index < -0.39 is 18.6 Å². The van der Waals surface area contributed by atoms with Gasteiger partial charge in [-0.3, -0.25) is 4.79 Å². The normalized spacial score (nSPS) is 11.6. The average molecular weight is 236 g/mol. The van der Waals surface area contributed by atoms with Gasteiger partial charge in [0.05, 0.1) is 12.1 Å². The molecule has 0 atom stereocenters. The van der Waals surface area contributed by atoms with Gasteiger partial charge in [-0.2, -0.15) is 13.2 Å². The zero-order valence-corrected chi connectivity index (χ0v) is 8.81. The van der Waals surface area contributed by atoms with Crippen LogP contribution in [0.1, 0.15) is 17.0 Å². The lowest BCUT2D eigenvalue weighted by Crippen LogP contribution is -2.34. The first kappa shape index (κ1) is 12.5. The van der Waals surface area contributed by atoms with Crippen LogP contribution in [0, 0.1) is 13.8 Å². The highest BCUT2D eigenvalue weighted by Crippen LogP contribution is 2.14. The van der Waals surface area contributed by atoms with Crippen molar-refractivity contribution in [2.24, 2.45) is 0 Å². The zero-order chi connectivity index (χ0) is 12.3. The Morgan fingerprint density at radius 2 is 2.06 bits per heavy atom. The SMILES string of the molecule is Cc1noc(C)c1CC(=O)NCC(F)(F)F. The Balaban J connectivity index is 2.53. The number of carbonyl (C=O) groups is 1. The third-order valence-electron chi connectivity index (χ3n) is 2.00. The number of alkyl halides is 3. The minimum Gasteiger partial charge on any atom is -0.361 e. The molecule has 0 saturated carbocycles. The first-order chi connectivity index (χ1) is 7.29. The molecule has 0 radical (unpaired) electrons. The summed E-state index contributed by atoms with van der Waals surface area (Å²) < 4.78 is 40.2. The number of hydrogen-bond donors (Lipinski definition) is 1. The third kappa shape index (κ3) is 3.56. The summed E-state index contributed by atoms with van der Waals surface area (Å²) in [4.78, 5) is 11.2. The number of carbonyl (C=O) groups excluding carboxylic acids is 1. The van der Waals surface area contributed by atoms with Gasteiger partial charge in [0.2, 0.25) is 5.91 Å². The minimum atomic E-state index is -4.39. The van der Waals surface area contributed by atoms with Gasteiger partial charge in [-0.05, 0) is 13.8 Å². The molecule has 90 valence electrons. The van der Waals surface area contributed by atoms with Gasteiger partial charge >= 0.3 is 6.18 Å². The first-order valence-corrected chi connectivity index (χ1v) is 4.55. The van der Waals surface area contributed by atoms with E-state index in [-0.39, 0.29) is 6.42 Å². The molecule has 0 aliphatic heterocycles. The number of nitrogens with one attached hydrogen (secondary N) is 1. The molecular weight excluding hydrogens is 225 g/mol. The number of nitrogens with zero attached hydrogens (tertiary/aromatic N) is 1. The van der Waals surface area contributed by atoms with Crippen molar-refractivity contribution in [2.45, 2.75) is 26.4 Å². The fourth-order valence-corrected chi connectivity index (χ4v) is 1.18. The number of amides is 1.